The van der Waals surface area contributed by atoms with E-state index in [4.69, 9.17) is 10.5 Å². The van der Waals surface area contributed by atoms with Crippen molar-refractivity contribution in [2.75, 3.05) is 13.2 Å². The molecule has 0 unspecified atom stereocenters. The summed E-state index contributed by atoms with van der Waals surface area (Å²) >= 11 is 0. The Kier molecular flexibility index (Phi) is 4.53. The summed E-state index contributed by atoms with van der Waals surface area (Å²) in [5.41, 5.74) is 6.19. The minimum Gasteiger partial charge on any atom is -0.492 e. The highest BCUT2D eigenvalue weighted by Crippen LogP contribution is 2.09. The van der Waals surface area contributed by atoms with Crippen LogP contribution in [0.4, 0.5) is 0 Å². The third-order valence-corrected chi connectivity index (χ3v) is 1.53. The molecule has 0 spiro atoms. The monoisotopic (exact) mass is 190 g/mol. The van der Waals surface area contributed by atoms with Crippen LogP contribution < -0.4 is 10.5 Å². The van der Waals surface area contributed by atoms with Crippen LogP contribution >= 0.6 is 0 Å². The molecule has 0 fully saturated rings. The summed E-state index contributed by atoms with van der Waals surface area (Å²) in [6, 6.07) is 1.88. The molecule has 1 aromatic rings. The molecular weight excluding hydrogens is 176 g/mol. The predicted molar refractivity (Wildman–Crippen MR) is 56.0 cm³/mol. The molecule has 0 saturated carbocycles. The summed E-state index contributed by atoms with van der Waals surface area (Å²) in [4.78, 5) is 4.02. The zero-order valence-corrected chi connectivity index (χ0v) is 8.29. The number of hydrogen-bond acceptors (Lipinski definition) is 3. The molecule has 0 aliphatic rings. The summed E-state index contributed by atoms with van der Waals surface area (Å²) in [5.74, 6) is 6.68. The molecule has 1 rings (SSSR count). The molecule has 0 aliphatic carbocycles. The van der Waals surface area contributed by atoms with E-state index in [0.717, 1.165) is 11.3 Å². The molecule has 1 heterocycles. The summed E-state index contributed by atoms with van der Waals surface area (Å²) in [7, 11) is 0. The van der Waals surface area contributed by atoms with Gasteiger partial charge in [0.05, 0.1) is 12.8 Å². The maximum atomic E-state index is 5.33. The van der Waals surface area contributed by atoms with E-state index in [0.29, 0.717) is 19.6 Å². The number of nitrogens with two attached hydrogens (primary N) is 1. The maximum Gasteiger partial charge on any atom is 0.138 e. The molecule has 0 saturated heterocycles. The largest absolute Gasteiger partial charge is 0.492 e. The van der Waals surface area contributed by atoms with Crippen LogP contribution in [0.2, 0.25) is 0 Å². The van der Waals surface area contributed by atoms with Gasteiger partial charge in [0, 0.05) is 24.7 Å². The van der Waals surface area contributed by atoms with Gasteiger partial charge in [-0.25, -0.2) is 0 Å². The molecule has 1 aromatic heterocycles. The van der Waals surface area contributed by atoms with Crippen molar-refractivity contribution in [1.29, 1.82) is 0 Å². The molecular formula is C11H14N2O. The van der Waals surface area contributed by atoms with Gasteiger partial charge in [0.25, 0.3) is 0 Å². The van der Waals surface area contributed by atoms with Crippen molar-refractivity contribution in [3.63, 3.8) is 0 Å². The molecule has 14 heavy (non-hydrogen) atoms. The van der Waals surface area contributed by atoms with E-state index < -0.39 is 0 Å². The second-order valence-corrected chi connectivity index (χ2v) is 2.68. The molecule has 0 atom stereocenters. The van der Waals surface area contributed by atoms with Gasteiger partial charge in [-0.1, -0.05) is 11.8 Å². The lowest BCUT2D eigenvalue weighted by molar-refractivity contribution is 0.339. The number of nitrogens with zero attached hydrogens (tertiary/aromatic N) is 1. The molecule has 74 valence electrons. The van der Waals surface area contributed by atoms with Gasteiger partial charge < -0.3 is 10.5 Å². The van der Waals surface area contributed by atoms with Gasteiger partial charge in [-0.15, -0.1) is 0 Å². The van der Waals surface area contributed by atoms with E-state index in [9.17, 15) is 0 Å². The minimum absolute atomic E-state index is 0.589. The van der Waals surface area contributed by atoms with E-state index >= 15 is 0 Å². The molecule has 0 amide bonds. The van der Waals surface area contributed by atoms with Gasteiger partial charge in [-0.3, -0.25) is 4.98 Å². The van der Waals surface area contributed by atoms with Gasteiger partial charge in [0.2, 0.25) is 0 Å². The van der Waals surface area contributed by atoms with Gasteiger partial charge in [0.1, 0.15) is 5.75 Å². The topological polar surface area (TPSA) is 48.1 Å². The highest BCUT2D eigenvalue weighted by atomic mass is 16.5. The first-order valence-electron chi connectivity index (χ1n) is 4.63. The molecule has 0 aromatic carbocycles. The van der Waals surface area contributed by atoms with Gasteiger partial charge in [-0.2, -0.15) is 0 Å². The van der Waals surface area contributed by atoms with Crippen LogP contribution in [-0.4, -0.2) is 18.1 Å². The Morgan fingerprint density at radius 3 is 3.07 bits per heavy atom. The van der Waals surface area contributed by atoms with Gasteiger partial charge in [-0.05, 0) is 13.0 Å². The van der Waals surface area contributed by atoms with Crippen molar-refractivity contribution in [2.45, 2.75) is 13.3 Å². The van der Waals surface area contributed by atoms with Gasteiger partial charge >= 0.3 is 0 Å². The zero-order chi connectivity index (χ0) is 10.2. The number of aromatic nitrogens is 1. The summed E-state index contributed by atoms with van der Waals surface area (Å²) < 4.78 is 5.30. The Morgan fingerprint density at radius 1 is 1.50 bits per heavy atom. The predicted octanol–water partition coefficient (Wildman–Crippen LogP) is 1.18. The van der Waals surface area contributed by atoms with Crippen molar-refractivity contribution in [3.8, 4) is 17.6 Å². The van der Waals surface area contributed by atoms with Gasteiger partial charge in [0.15, 0.2) is 0 Å². The Hall–Kier alpha value is -1.53. The Balaban J connectivity index is 2.69. The standard InChI is InChI=1S/C11H14N2O/c1-2-14-11-7-10(8-13-9-11)5-3-4-6-12/h7-9H,2,4,6,12H2,1H3. The quantitative estimate of drug-likeness (QED) is 0.728. The third kappa shape index (κ3) is 3.46. The van der Waals surface area contributed by atoms with Crippen LogP contribution in [0.3, 0.4) is 0 Å². The van der Waals surface area contributed by atoms with E-state index in [2.05, 4.69) is 16.8 Å². The lowest BCUT2D eigenvalue weighted by atomic mass is 10.2. The fourth-order valence-corrected chi connectivity index (χ4v) is 0.970. The average Bonchev–Trinajstić information content (AvgIpc) is 2.19. The fraction of sp³-hybridized carbons (Fsp3) is 0.364. The number of rotatable bonds is 3. The SMILES string of the molecule is CCOc1cncc(C#CCCN)c1. The fourth-order valence-electron chi connectivity index (χ4n) is 0.970. The van der Waals surface area contributed by atoms with Crippen LogP contribution in [0.1, 0.15) is 18.9 Å². The molecule has 2 N–H and O–H groups in total. The normalized spacial score (nSPS) is 9.00. The second-order valence-electron chi connectivity index (χ2n) is 2.68. The van der Waals surface area contributed by atoms with E-state index in [-0.39, 0.29) is 0 Å². The van der Waals surface area contributed by atoms with Crippen molar-refractivity contribution in [1.82, 2.24) is 4.98 Å². The summed E-state index contributed by atoms with van der Waals surface area (Å²) in [6.07, 6.45) is 4.10. The first kappa shape index (κ1) is 10.6. The first-order valence-corrected chi connectivity index (χ1v) is 4.63. The summed E-state index contributed by atoms with van der Waals surface area (Å²) in [5, 5.41) is 0. The minimum atomic E-state index is 0.589. The third-order valence-electron chi connectivity index (χ3n) is 1.53. The van der Waals surface area contributed by atoms with Crippen molar-refractivity contribution in [3.05, 3.63) is 24.0 Å². The average molecular weight is 190 g/mol. The van der Waals surface area contributed by atoms with Crippen LogP contribution in [0, 0.1) is 11.8 Å². The maximum absolute atomic E-state index is 5.33. The Bertz CT molecular complexity index is 339. The molecule has 3 heteroatoms. The van der Waals surface area contributed by atoms with Crippen LogP contribution in [0.15, 0.2) is 18.5 Å². The first-order chi connectivity index (χ1) is 6.86. The van der Waals surface area contributed by atoms with Crippen LogP contribution in [-0.2, 0) is 0 Å². The molecule has 0 aliphatic heterocycles. The van der Waals surface area contributed by atoms with Crippen LogP contribution in [0.5, 0.6) is 5.75 Å². The Morgan fingerprint density at radius 2 is 2.36 bits per heavy atom. The highest BCUT2D eigenvalue weighted by Gasteiger charge is 1.93. The lowest BCUT2D eigenvalue weighted by Crippen LogP contribution is -1.95. The molecule has 0 bridgehead atoms. The number of hydrogen-bond donors (Lipinski definition) is 1. The lowest BCUT2D eigenvalue weighted by Gasteiger charge is -2.00. The highest BCUT2D eigenvalue weighted by molar-refractivity contribution is 5.36. The van der Waals surface area contributed by atoms with Crippen molar-refractivity contribution in [2.24, 2.45) is 5.73 Å². The Labute approximate surface area is 84.3 Å². The molecule has 0 radical (unpaired) electrons. The van der Waals surface area contributed by atoms with Crippen molar-refractivity contribution >= 4 is 0 Å². The smallest absolute Gasteiger partial charge is 0.138 e. The second kappa shape index (κ2) is 6.01. The summed E-state index contributed by atoms with van der Waals surface area (Å²) in [6.45, 7) is 3.17. The van der Waals surface area contributed by atoms with E-state index in [1.54, 1.807) is 12.4 Å². The van der Waals surface area contributed by atoms with Crippen LogP contribution in [0.25, 0.3) is 0 Å². The number of ether oxygens (including phenoxy) is 1. The zero-order valence-electron chi connectivity index (χ0n) is 8.29. The van der Waals surface area contributed by atoms with E-state index in [1.165, 1.54) is 0 Å². The van der Waals surface area contributed by atoms with Crippen molar-refractivity contribution < 1.29 is 4.74 Å². The molecule has 3 nitrogen and oxygen atoms in total. The van der Waals surface area contributed by atoms with E-state index in [1.807, 2.05) is 13.0 Å². The number of pyridine rings is 1.